The fraction of sp³-hybridized carbons (Fsp3) is 0.636. The Hall–Kier alpha value is -0.0900. The molecule has 0 saturated carbocycles. The standard InChI is InChI=1S/C11H17ClN2S/c1-11(2)8-14(5-4-13-11)7-9-3-6-15-10(9)12/h3,6,13H,4-5,7-8H2,1-2H3. The molecule has 1 aliphatic rings. The number of nitrogens with one attached hydrogen (secondary N) is 1. The second-order valence-electron chi connectivity index (χ2n) is 4.74. The van der Waals surface area contributed by atoms with Crippen LogP contribution in [0, 0.1) is 0 Å². The Morgan fingerprint density at radius 1 is 1.60 bits per heavy atom. The lowest BCUT2D eigenvalue weighted by atomic mass is 10.0. The smallest absolute Gasteiger partial charge is 0.0973 e. The van der Waals surface area contributed by atoms with Crippen molar-refractivity contribution in [2.24, 2.45) is 0 Å². The summed E-state index contributed by atoms with van der Waals surface area (Å²) in [6.07, 6.45) is 0. The number of piperazine rings is 1. The van der Waals surface area contributed by atoms with E-state index in [1.165, 1.54) is 5.56 Å². The molecule has 2 heterocycles. The highest BCUT2D eigenvalue weighted by Crippen LogP contribution is 2.25. The number of rotatable bonds is 2. The number of hydrogen-bond donors (Lipinski definition) is 1. The van der Waals surface area contributed by atoms with Crippen LogP contribution < -0.4 is 5.32 Å². The molecule has 1 saturated heterocycles. The van der Waals surface area contributed by atoms with E-state index in [1.54, 1.807) is 11.3 Å². The molecule has 0 radical (unpaired) electrons. The van der Waals surface area contributed by atoms with Gasteiger partial charge in [-0.25, -0.2) is 0 Å². The molecule has 2 rings (SSSR count). The summed E-state index contributed by atoms with van der Waals surface area (Å²) < 4.78 is 0.936. The van der Waals surface area contributed by atoms with E-state index < -0.39 is 0 Å². The van der Waals surface area contributed by atoms with E-state index in [-0.39, 0.29) is 5.54 Å². The van der Waals surface area contributed by atoms with Crippen LogP contribution in [-0.2, 0) is 6.54 Å². The Morgan fingerprint density at radius 3 is 3.00 bits per heavy atom. The quantitative estimate of drug-likeness (QED) is 0.861. The largest absolute Gasteiger partial charge is 0.309 e. The Labute approximate surface area is 100 Å². The highest BCUT2D eigenvalue weighted by atomic mass is 35.5. The molecule has 0 spiro atoms. The highest BCUT2D eigenvalue weighted by Gasteiger charge is 2.25. The van der Waals surface area contributed by atoms with Crippen molar-refractivity contribution in [1.29, 1.82) is 0 Å². The Kier molecular flexibility index (Phi) is 3.36. The third kappa shape index (κ3) is 2.94. The van der Waals surface area contributed by atoms with E-state index in [1.807, 2.05) is 0 Å². The van der Waals surface area contributed by atoms with Gasteiger partial charge in [-0.15, -0.1) is 11.3 Å². The number of thiophene rings is 1. The molecule has 1 aromatic heterocycles. The van der Waals surface area contributed by atoms with Crippen LogP contribution in [0.2, 0.25) is 4.34 Å². The van der Waals surface area contributed by atoms with Crippen molar-refractivity contribution in [3.05, 3.63) is 21.3 Å². The fourth-order valence-corrected chi connectivity index (χ4v) is 2.97. The van der Waals surface area contributed by atoms with Crippen molar-refractivity contribution < 1.29 is 0 Å². The van der Waals surface area contributed by atoms with Crippen LogP contribution in [0.5, 0.6) is 0 Å². The van der Waals surface area contributed by atoms with Gasteiger partial charge in [-0.2, -0.15) is 0 Å². The zero-order valence-corrected chi connectivity index (χ0v) is 10.8. The van der Waals surface area contributed by atoms with Gasteiger partial charge in [0.05, 0.1) is 4.34 Å². The maximum Gasteiger partial charge on any atom is 0.0973 e. The minimum Gasteiger partial charge on any atom is -0.309 e. The SMILES string of the molecule is CC1(C)CN(Cc2ccsc2Cl)CCN1. The number of halogens is 1. The number of hydrogen-bond acceptors (Lipinski definition) is 3. The van der Waals surface area contributed by atoms with Crippen LogP contribution in [0.15, 0.2) is 11.4 Å². The second-order valence-corrected chi connectivity index (χ2v) is 6.26. The third-order valence-electron chi connectivity index (χ3n) is 2.74. The lowest BCUT2D eigenvalue weighted by molar-refractivity contribution is 0.148. The molecular formula is C11H17ClN2S. The average molecular weight is 245 g/mol. The first-order valence-corrected chi connectivity index (χ1v) is 6.52. The molecule has 15 heavy (non-hydrogen) atoms. The van der Waals surface area contributed by atoms with Gasteiger partial charge in [0.15, 0.2) is 0 Å². The molecule has 1 N–H and O–H groups in total. The van der Waals surface area contributed by atoms with E-state index >= 15 is 0 Å². The Morgan fingerprint density at radius 2 is 2.40 bits per heavy atom. The van der Waals surface area contributed by atoms with Crippen molar-refractivity contribution in [2.75, 3.05) is 19.6 Å². The molecule has 0 aromatic carbocycles. The van der Waals surface area contributed by atoms with Gasteiger partial charge in [0.1, 0.15) is 0 Å². The Balaban J connectivity index is 1.98. The van der Waals surface area contributed by atoms with Crippen LogP contribution in [0.25, 0.3) is 0 Å². The minimum absolute atomic E-state index is 0.223. The summed E-state index contributed by atoms with van der Waals surface area (Å²) in [5.74, 6) is 0. The summed E-state index contributed by atoms with van der Waals surface area (Å²) in [7, 11) is 0. The van der Waals surface area contributed by atoms with Crippen molar-refractivity contribution in [3.63, 3.8) is 0 Å². The lowest BCUT2D eigenvalue weighted by Crippen LogP contribution is -2.56. The maximum absolute atomic E-state index is 6.11. The van der Waals surface area contributed by atoms with Gasteiger partial charge in [-0.05, 0) is 30.9 Å². The molecule has 0 unspecified atom stereocenters. The monoisotopic (exact) mass is 244 g/mol. The normalized spacial score (nSPS) is 21.8. The summed E-state index contributed by atoms with van der Waals surface area (Å²) in [5, 5.41) is 5.57. The zero-order valence-electron chi connectivity index (χ0n) is 9.22. The molecule has 0 atom stereocenters. The summed E-state index contributed by atoms with van der Waals surface area (Å²) in [4.78, 5) is 2.46. The molecule has 1 aliphatic heterocycles. The summed E-state index contributed by atoms with van der Waals surface area (Å²) in [6, 6.07) is 2.13. The lowest BCUT2D eigenvalue weighted by Gasteiger charge is -2.39. The van der Waals surface area contributed by atoms with E-state index in [2.05, 4.69) is 35.5 Å². The van der Waals surface area contributed by atoms with Gasteiger partial charge < -0.3 is 5.32 Å². The van der Waals surface area contributed by atoms with Crippen molar-refractivity contribution in [1.82, 2.24) is 10.2 Å². The first-order valence-electron chi connectivity index (χ1n) is 5.26. The summed E-state index contributed by atoms with van der Waals surface area (Å²) in [5.41, 5.74) is 1.49. The molecule has 2 nitrogen and oxygen atoms in total. The predicted molar refractivity (Wildman–Crippen MR) is 66.7 cm³/mol. The maximum atomic E-state index is 6.11. The second kappa shape index (κ2) is 4.42. The van der Waals surface area contributed by atoms with E-state index in [0.29, 0.717) is 0 Å². The van der Waals surface area contributed by atoms with Crippen molar-refractivity contribution in [3.8, 4) is 0 Å². The first-order chi connectivity index (χ1) is 7.07. The minimum atomic E-state index is 0.223. The summed E-state index contributed by atoms with van der Waals surface area (Å²) in [6.45, 7) is 8.72. The molecule has 0 bridgehead atoms. The molecule has 84 valence electrons. The van der Waals surface area contributed by atoms with Crippen LogP contribution >= 0.6 is 22.9 Å². The predicted octanol–water partition coefficient (Wildman–Crippen LogP) is 2.59. The molecule has 1 fully saturated rings. The van der Waals surface area contributed by atoms with Crippen LogP contribution in [-0.4, -0.2) is 30.1 Å². The van der Waals surface area contributed by atoms with Crippen molar-refractivity contribution >= 4 is 22.9 Å². The highest BCUT2D eigenvalue weighted by molar-refractivity contribution is 7.14. The van der Waals surface area contributed by atoms with Gasteiger partial charge in [0, 0.05) is 31.7 Å². The Bertz CT molecular complexity index is 335. The third-order valence-corrected chi connectivity index (χ3v) is 3.99. The fourth-order valence-electron chi connectivity index (χ4n) is 2.05. The molecule has 0 amide bonds. The molecule has 4 heteroatoms. The van der Waals surface area contributed by atoms with Crippen LogP contribution in [0.4, 0.5) is 0 Å². The number of nitrogens with zero attached hydrogens (tertiary/aromatic N) is 1. The van der Waals surface area contributed by atoms with E-state index in [0.717, 1.165) is 30.5 Å². The van der Waals surface area contributed by atoms with E-state index in [9.17, 15) is 0 Å². The molecular weight excluding hydrogens is 228 g/mol. The van der Waals surface area contributed by atoms with Crippen LogP contribution in [0.3, 0.4) is 0 Å². The molecule has 0 aliphatic carbocycles. The van der Waals surface area contributed by atoms with Crippen molar-refractivity contribution in [2.45, 2.75) is 25.9 Å². The zero-order chi connectivity index (χ0) is 10.9. The van der Waals surface area contributed by atoms with Crippen LogP contribution in [0.1, 0.15) is 19.4 Å². The summed E-state index contributed by atoms with van der Waals surface area (Å²) >= 11 is 7.72. The topological polar surface area (TPSA) is 15.3 Å². The first kappa shape index (κ1) is 11.4. The van der Waals surface area contributed by atoms with Gasteiger partial charge in [0.2, 0.25) is 0 Å². The van der Waals surface area contributed by atoms with Gasteiger partial charge in [-0.3, -0.25) is 4.90 Å². The van der Waals surface area contributed by atoms with Gasteiger partial charge in [-0.1, -0.05) is 11.6 Å². The van der Waals surface area contributed by atoms with E-state index in [4.69, 9.17) is 11.6 Å². The van der Waals surface area contributed by atoms with Gasteiger partial charge >= 0.3 is 0 Å². The molecule has 1 aromatic rings. The van der Waals surface area contributed by atoms with Gasteiger partial charge in [0.25, 0.3) is 0 Å². The average Bonchev–Trinajstić information content (AvgIpc) is 2.50.